The summed E-state index contributed by atoms with van der Waals surface area (Å²) in [6, 6.07) is 0. The van der Waals surface area contributed by atoms with Gasteiger partial charge in [0.25, 0.3) is 0 Å². The summed E-state index contributed by atoms with van der Waals surface area (Å²) in [6.07, 6.45) is 2.49. The summed E-state index contributed by atoms with van der Waals surface area (Å²) in [4.78, 5) is 2.28. The first-order valence-electron chi connectivity index (χ1n) is 4.67. The zero-order valence-corrected chi connectivity index (χ0v) is 8.08. The Bertz CT molecular complexity index is 139. The van der Waals surface area contributed by atoms with Gasteiger partial charge in [-0.1, -0.05) is 0 Å². The number of likely N-dealkylation sites (tertiary alicyclic amines) is 1. The minimum atomic E-state index is -0.265. The van der Waals surface area contributed by atoms with Crippen LogP contribution in [0.4, 0.5) is 0 Å². The second kappa shape index (κ2) is 3.73. The van der Waals surface area contributed by atoms with Gasteiger partial charge >= 0.3 is 0 Å². The Hall–Kier alpha value is -0.120. The monoisotopic (exact) mass is 172 g/mol. The highest BCUT2D eigenvalue weighted by molar-refractivity contribution is 4.90. The third-order valence-corrected chi connectivity index (χ3v) is 2.68. The molecule has 12 heavy (non-hydrogen) atoms. The number of hydrogen-bond donors (Lipinski definition) is 2. The van der Waals surface area contributed by atoms with Crippen molar-refractivity contribution in [3.8, 4) is 0 Å². The van der Waals surface area contributed by atoms with Gasteiger partial charge in [-0.2, -0.15) is 0 Å². The molecule has 3 heteroatoms. The van der Waals surface area contributed by atoms with Crippen LogP contribution in [-0.2, 0) is 0 Å². The van der Waals surface area contributed by atoms with Gasteiger partial charge in [-0.3, -0.25) is 0 Å². The number of aliphatic hydroxyl groups excluding tert-OH is 1. The van der Waals surface area contributed by atoms with E-state index in [0.717, 1.165) is 32.4 Å². The third-order valence-electron chi connectivity index (χ3n) is 2.68. The average molecular weight is 172 g/mol. The van der Waals surface area contributed by atoms with Gasteiger partial charge < -0.3 is 15.7 Å². The highest BCUT2D eigenvalue weighted by Crippen LogP contribution is 2.23. The van der Waals surface area contributed by atoms with Crippen molar-refractivity contribution in [3.63, 3.8) is 0 Å². The van der Waals surface area contributed by atoms with Crippen LogP contribution >= 0.6 is 0 Å². The summed E-state index contributed by atoms with van der Waals surface area (Å²) in [5, 5.41) is 9.24. The molecule has 1 saturated heterocycles. The predicted octanol–water partition coefficient (Wildman–Crippen LogP) is 0.180. The summed E-state index contributed by atoms with van der Waals surface area (Å²) in [6.45, 7) is 3.93. The molecule has 72 valence electrons. The topological polar surface area (TPSA) is 49.5 Å². The fraction of sp³-hybridized carbons (Fsp3) is 1.00. The zero-order valence-electron chi connectivity index (χ0n) is 8.08. The molecule has 1 heterocycles. The predicted molar refractivity (Wildman–Crippen MR) is 49.9 cm³/mol. The SMILES string of the molecule is CC(O)CC1(N)CCN(C)CC1. The largest absolute Gasteiger partial charge is 0.393 e. The molecule has 1 fully saturated rings. The van der Waals surface area contributed by atoms with Crippen LogP contribution in [0.5, 0.6) is 0 Å². The van der Waals surface area contributed by atoms with Crippen LogP contribution in [0.3, 0.4) is 0 Å². The maximum Gasteiger partial charge on any atom is 0.0529 e. The molecule has 0 aromatic rings. The maximum absolute atomic E-state index is 9.24. The maximum atomic E-state index is 9.24. The average Bonchev–Trinajstić information content (AvgIpc) is 1.94. The molecular weight excluding hydrogens is 152 g/mol. The molecule has 0 aromatic carbocycles. The van der Waals surface area contributed by atoms with Crippen LogP contribution in [-0.4, -0.2) is 41.8 Å². The molecule has 0 spiro atoms. The lowest BCUT2D eigenvalue weighted by Crippen LogP contribution is -2.50. The first-order chi connectivity index (χ1) is 5.52. The molecule has 3 N–H and O–H groups in total. The van der Waals surface area contributed by atoms with E-state index in [0.29, 0.717) is 0 Å². The lowest BCUT2D eigenvalue weighted by molar-refractivity contribution is 0.109. The van der Waals surface area contributed by atoms with Gasteiger partial charge in [0.15, 0.2) is 0 Å². The lowest BCUT2D eigenvalue weighted by atomic mass is 9.84. The molecule has 1 rings (SSSR count). The van der Waals surface area contributed by atoms with Gasteiger partial charge in [0.1, 0.15) is 0 Å². The molecule has 0 bridgehead atoms. The Morgan fingerprint density at radius 2 is 2.00 bits per heavy atom. The molecule has 1 unspecified atom stereocenters. The van der Waals surface area contributed by atoms with Gasteiger partial charge in [0.2, 0.25) is 0 Å². The lowest BCUT2D eigenvalue weighted by Gasteiger charge is -2.38. The van der Waals surface area contributed by atoms with Gasteiger partial charge in [-0.25, -0.2) is 0 Å². The second-order valence-corrected chi connectivity index (χ2v) is 4.22. The second-order valence-electron chi connectivity index (χ2n) is 4.22. The molecule has 1 atom stereocenters. The molecule has 0 aromatic heterocycles. The summed E-state index contributed by atoms with van der Waals surface area (Å²) >= 11 is 0. The highest BCUT2D eigenvalue weighted by Gasteiger charge is 2.30. The Morgan fingerprint density at radius 3 is 2.42 bits per heavy atom. The summed E-state index contributed by atoms with van der Waals surface area (Å²) in [7, 11) is 2.11. The van der Waals surface area contributed by atoms with Crippen LogP contribution in [0.2, 0.25) is 0 Å². The highest BCUT2D eigenvalue weighted by atomic mass is 16.3. The van der Waals surface area contributed by atoms with Crippen molar-refractivity contribution in [2.75, 3.05) is 20.1 Å². The Balaban J connectivity index is 2.39. The van der Waals surface area contributed by atoms with Crippen molar-refractivity contribution >= 4 is 0 Å². The van der Waals surface area contributed by atoms with Crippen LogP contribution in [0.25, 0.3) is 0 Å². The Kier molecular flexibility index (Phi) is 3.09. The van der Waals surface area contributed by atoms with Gasteiger partial charge in [0, 0.05) is 5.54 Å². The van der Waals surface area contributed by atoms with Crippen molar-refractivity contribution in [2.24, 2.45) is 5.73 Å². The van der Waals surface area contributed by atoms with E-state index in [-0.39, 0.29) is 11.6 Å². The fourth-order valence-corrected chi connectivity index (χ4v) is 1.86. The smallest absolute Gasteiger partial charge is 0.0529 e. The van der Waals surface area contributed by atoms with E-state index in [2.05, 4.69) is 11.9 Å². The van der Waals surface area contributed by atoms with E-state index in [4.69, 9.17) is 5.73 Å². The molecule has 0 radical (unpaired) electrons. The first kappa shape index (κ1) is 9.96. The molecule has 3 nitrogen and oxygen atoms in total. The van der Waals surface area contributed by atoms with Gasteiger partial charge in [-0.05, 0) is 46.3 Å². The zero-order chi connectivity index (χ0) is 9.19. The molecule has 0 aliphatic carbocycles. The fourth-order valence-electron chi connectivity index (χ4n) is 1.86. The van der Waals surface area contributed by atoms with E-state index in [1.165, 1.54) is 0 Å². The molecule has 0 amide bonds. The number of piperidine rings is 1. The number of nitrogens with zero attached hydrogens (tertiary/aromatic N) is 1. The number of nitrogens with two attached hydrogens (primary N) is 1. The van der Waals surface area contributed by atoms with Crippen molar-refractivity contribution in [2.45, 2.75) is 37.8 Å². The Morgan fingerprint density at radius 1 is 1.50 bits per heavy atom. The number of aliphatic hydroxyl groups is 1. The van der Waals surface area contributed by atoms with E-state index in [1.54, 1.807) is 0 Å². The molecule has 1 aliphatic heterocycles. The number of rotatable bonds is 2. The molecular formula is C9H20N2O. The summed E-state index contributed by atoms with van der Waals surface area (Å²) in [5.74, 6) is 0. The summed E-state index contributed by atoms with van der Waals surface area (Å²) < 4.78 is 0. The van der Waals surface area contributed by atoms with Crippen LogP contribution in [0, 0.1) is 0 Å². The van der Waals surface area contributed by atoms with Crippen LogP contribution < -0.4 is 5.73 Å². The van der Waals surface area contributed by atoms with Gasteiger partial charge in [0.05, 0.1) is 6.10 Å². The van der Waals surface area contributed by atoms with E-state index in [9.17, 15) is 5.11 Å². The van der Waals surface area contributed by atoms with E-state index in [1.807, 2.05) is 6.92 Å². The number of hydrogen-bond acceptors (Lipinski definition) is 3. The summed E-state index contributed by atoms with van der Waals surface area (Å²) in [5.41, 5.74) is 6.03. The quantitative estimate of drug-likeness (QED) is 0.625. The minimum absolute atomic E-state index is 0.110. The molecule has 0 saturated carbocycles. The standard InChI is InChI=1S/C9H20N2O/c1-8(12)7-9(10)3-5-11(2)6-4-9/h8,12H,3-7,10H2,1-2H3. The Labute approximate surface area is 74.5 Å². The minimum Gasteiger partial charge on any atom is -0.393 e. The van der Waals surface area contributed by atoms with Crippen LogP contribution in [0.15, 0.2) is 0 Å². The van der Waals surface area contributed by atoms with Crippen LogP contribution in [0.1, 0.15) is 26.2 Å². The van der Waals surface area contributed by atoms with E-state index >= 15 is 0 Å². The van der Waals surface area contributed by atoms with E-state index < -0.39 is 0 Å². The van der Waals surface area contributed by atoms with Gasteiger partial charge in [-0.15, -0.1) is 0 Å². The van der Waals surface area contributed by atoms with Crippen molar-refractivity contribution < 1.29 is 5.11 Å². The van der Waals surface area contributed by atoms with Crippen molar-refractivity contribution in [3.05, 3.63) is 0 Å². The first-order valence-corrected chi connectivity index (χ1v) is 4.67. The van der Waals surface area contributed by atoms with Crippen molar-refractivity contribution in [1.29, 1.82) is 0 Å². The normalized spacial score (nSPS) is 27.0. The third kappa shape index (κ3) is 2.73. The van der Waals surface area contributed by atoms with Crippen molar-refractivity contribution in [1.82, 2.24) is 4.90 Å². The molecule has 1 aliphatic rings.